The van der Waals surface area contributed by atoms with E-state index < -0.39 is 41.2 Å². The summed E-state index contributed by atoms with van der Waals surface area (Å²) in [4.78, 5) is 23.8. The van der Waals surface area contributed by atoms with Crippen molar-refractivity contribution in [2.75, 3.05) is 0 Å². The van der Waals surface area contributed by atoms with Crippen LogP contribution in [0.25, 0.3) is 0 Å². The van der Waals surface area contributed by atoms with Gasteiger partial charge >= 0.3 is 29.7 Å². The van der Waals surface area contributed by atoms with E-state index in [9.17, 15) is 35.9 Å². The standard InChI is InChI=1S/C17H10F6O4/c18-15(16(19,20)17(21,22)23,13(24)26-11-7-3-1-4-8-11)14(25)27-12-9-5-2-6-10-12/h1-10H. The van der Waals surface area contributed by atoms with Gasteiger partial charge in [0, 0.05) is 0 Å². The van der Waals surface area contributed by atoms with Crippen LogP contribution in [0, 0.1) is 0 Å². The second kappa shape index (κ2) is 7.29. The Morgan fingerprint density at radius 1 is 0.630 bits per heavy atom. The molecule has 0 radical (unpaired) electrons. The maximum atomic E-state index is 14.8. The quantitative estimate of drug-likeness (QED) is 0.333. The number of halogens is 6. The molecule has 0 amide bonds. The summed E-state index contributed by atoms with van der Waals surface area (Å²) in [5, 5.41) is 0. The van der Waals surface area contributed by atoms with E-state index in [0.717, 1.165) is 24.3 Å². The van der Waals surface area contributed by atoms with Crippen LogP contribution >= 0.6 is 0 Å². The zero-order valence-corrected chi connectivity index (χ0v) is 13.2. The summed E-state index contributed by atoms with van der Waals surface area (Å²) in [6.45, 7) is 0. The molecule has 0 atom stereocenters. The van der Waals surface area contributed by atoms with Gasteiger partial charge in [-0.2, -0.15) is 22.0 Å². The van der Waals surface area contributed by atoms with Crippen molar-refractivity contribution in [3.05, 3.63) is 60.7 Å². The lowest BCUT2D eigenvalue weighted by molar-refractivity contribution is -0.319. The average molecular weight is 392 g/mol. The van der Waals surface area contributed by atoms with Crippen molar-refractivity contribution in [2.45, 2.75) is 17.8 Å². The van der Waals surface area contributed by atoms with E-state index in [-0.39, 0.29) is 0 Å². The van der Waals surface area contributed by atoms with Crippen LogP contribution in [0.15, 0.2) is 60.7 Å². The molecule has 4 nitrogen and oxygen atoms in total. The van der Waals surface area contributed by atoms with E-state index in [1.54, 1.807) is 0 Å². The number of alkyl halides is 6. The first kappa shape index (κ1) is 20.3. The SMILES string of the molecule is O=C(Oc1ccccc1)C(F)(C(=O)Oc1ccccc1)C(F)(F)C(F)(F)F. The Labute approximate surface area is 148 Å². The van der Waals surface area contributed by atoms with E-state index in [4.69, 9.17) is 0 Å². The fraction of sp³-hybridized carbons (Fsp3) is 0.176. The van der Waals surface area contributed by atoms with Crippen molar-refractivity contribution in [2.24, 2.45) is 0 Å². The van der Waals surface area contributed by atoms with Gasteiger partial charge in [0.1, 0.15) is 11.5 Å². The van der Waals surface area contributed by atoms with Gasteiger partial charge < -0.3 is 9.47 Å². The molecule has 0 aromatic heterocycles. The average Bonchev–Trinajstić information content (AvgIpc) is 2.61. The van der Waals surface area contributed by atoms with E-state index in [1.807, 2.05) is 0 Å². The van der Waals surface area contributed by atoms with E-state index in [0.29, 0.717) is 0 Å². The zero-order valence-electron chi connectivity index (χ0n) is 13.2. The molecule has 0 bridgehead atoms. The Morgan fingerprint density at radius 2 is 0.963 bits per heavy atom. The van der Waals surface area contributed by atoms with Crippen LogP contribution in [0.4, 0.5) is 26.3 Å². The highest BCUT2D eigenvalue weighted by atomic mass is 19.4. The third-order valence-electron chi connectivity index (χ3n) is 3.26. The number of hydrogen-bond donors (Lipinski definition) is 0. The van der Waals surface area contributed by atoms with E-state index >= 15 is 0 Å². The largest absolute Gasteiger partial charge is 0.458 e. The Bertz CT molecular complexity index is 752. The summed E-state index contributed by atoms with van der Waals surface area (Å²) in [6, 6.07) is 11.8. The van der Waals surface area contributed by atoms with Gasteiger partial charge in [-0.1, -0.05) is 36.4 Å². The van der Waals surface area contributed by atoms with Crippen LogP contribution in [-0.2, 0) is 9.59 Å². The number of ether oxygens (including phenoxy) is 2. The Kier molecular flexibility index (Phi) is 5.48. The van der Waals surface area contributed by atoms with Crippen molar-refractivity contribution in [3.63, 3.8) is 0 Å². The maximum Gasteiger partial charge on any atom is 0.458 e. The summed E-state index contributed by atoms with van der Waals surface area (Å²) >= 11 is 0. The molecule has 2 rings (SSSR count). The molecule has 0 fully saturated rings. The molecule has 144 valence electrons. The van der Waals surface area contributed by atoms with Crippen molar-refractivity contribution in [1.29, 1.82) is 0 Å². The van der Waals surface area contributed by atoms with Crippen LogP contribution < -0.4 is 9.47 Å². The lowest BCUT2D eigenvalue weighted by atomic mass is 9.97. The topological polar surface area (TPSA) is 52.6 Å². The summed E-state index contributed by atoms with van der Waals surface area (Å²) in [5.74, 6) is -13.0. The van der Waals surface area contributed by atoms with Crippen molar-refractivity contribution in [3.8, 4) is 11.5 Å². The molecule has 10 heteroatoms. The van der Waals surface area contributed by atoms with Gasteiger partial charge in [0.2, 0.25) is 0 Å². The zero-order chi connectivity index (χ0) is 20.3. The van der Waals surface area contributed by atoms with Crippen molar-refractivity contribution >= 4 is 11.9 Å². The number of para-hydroxylation sites is 2. The Hall–Kier alpha value is -3.04. The molecule has 2 aromatic rings. The third-order valence-corrected chi connectivity index (χ3v) is 3.26. The molecule has 0 aliphatic rings. The van der Waals surface area contributed by atoms with Gasteiger partial charge in [-0.15, -0.1) is 0 Å². The van der Waals surface area contributed by atoms with Crippen molar-refractivity contribution < 1.29 is 45.4 Å². The second-order valence-corrected chi connectivity index (χ2v) is 5.14. The van der Waals surface area contributed by atoms with E-state index in [1.165, 1.54) is 36.4 Å². The lowest BCUT2D eigenvalue weighted by Gasteiger charge is -2.30. The fourth-order valence-electron chi connectivity index (χ4n) is 1.87. The Morgan fingerprint density at radius 3 is 1.26 bits per heavy atom. The van der Waals surface area contributed by atoms with Gasteiger partial charge in [0.15, 0.2) is 0 Å². The van der Waals surface area contributed by atoms with Gasteiger partial charge in [-0.3, -0.25) is 0 Å². The van der Waals surface area contributed by atoms with Gasteiger partial charge in [-0.05, 0) is 24.3 Å². The fourth-order valence-corrected chi connectivity index (χ4v) is 1.87. The molecule has 0 saturated carbocycles. The van der Waals surface area contributed by atoms with Crippen LogP contribution in [-0.4, -0.2) is 29.7 Å². The number of esters is 2. The molecular formula is C17H10F6O4. The molecule has 2 aromatic carbocycles. The summed E-state index contributed by atoms with van der Waals surface area (Å²) < 4.78 is 89.0. The molecule has 0 spiro atoms. The summed E-state index contributed by atoms with van der Waals surface area (Å²) in [7, 11) is 0. The Balaban J connectivity index is 2.44. The lowest BCUT2D eigenvalue weighted by Crippen LogP contribution is -2.65. The van der Waals surface area contributed by atoms with Crippen LogP contribution in [0.1, 0.15) is 0 Å². The first-order valence-electron chi connectivity index (χ1n) is 7.18. The van der Waals surface area contributed by atoms with Crippen LogP contribution in [0.5, 0.6) is 11.5 Å². The van der Waals surface area contributed by atoms with Gasteiger partial charge in [0.25, 0.3) is 0 Å². The predicted octanol–water partition coefficient (Wildman–Crippen LogP) is 4.10. The highest BCUT2D eigenvalue weighted by molar-refractivity contribution is 6.06. The smallest absolute Gasteiger partial charge is 0.424 e. The minimum Gasteiger partial charge on any atom is -0.424 e. The molecule has 0 heterocycles. The second-order valence-electron chi connectivity index (χ2n) is 5.14. The number of rotatable bonds is 5. The summed E-state index contributed by atoms with van der Waals surface area (Å²) in [6.07, 6.45) is -6.58. The summed E-state index contributed by atoms with van der Waals surface area (Å²) in [5.41, 5.74) is -5.48. The van der Waals surface area contributed by atoms with Crippen LogP contribution in [0.3, 0.4) is 0 Å². The first-order valence-corrected chi connectivity index (χ1v) is 7.18. The molecule has 0 aliphatic carbocycles. The molecule has 27 heavy (non-hydrogen) atoms. The molecule has 0 unspecified atom stereocenters. The minimum absolute atomic E-state index is 0.546. The molecule has 0 N–H and O–H groups in total. The first-order chi connectivity index (χ1) is 12.5. The number of carbonyl (C=O) groups excluding carboxylic acids is 2. The highest BCUT2D eigenvalue weighted by Crippen LogP contribution is 2.47. The monoisotopic (exact) mass is 392 g/mol. The van der Waals surface area contributed by atoms with Crippen LogP contribution in [0.2, 0.25) is 0 Å². The maximum absolute atomic E-state index is 14.8. The number of carbonyl (C=O) groups is 2. The predicted molar refractivity (Wildman–Crippen MR) is 79.0 cm³/mol. The minimum atomic E-state index is -6.58. The van der Waals surface area contributed by atoms with Gasteiger partial charge in [-0.25, -0.2) is 14.0 Å². The molecular weight excluding hydrogens is 382 g/mol. The van der Waals surface area contributed by atoms with E-state index in [2.05, 4.69) is 9.47 Å². The molecule has 0 saturated heterocycles. The normalized spacial score (nSPS) is 12.4. The van der Waals surface area contributed by atoms with Crippen molar-refractivity contribution in [1.82, 2.24) is 0 Å². The third kappa shape index (κ3) is 3.88. The number of benzene rings is 2. The van der Waals surface area contributed by atoms with Gasteiger partial charge in [0.05, 0.1) is 0 Å². The number of hydrogen-bond acceptors (Lipinski definition) is 4. The molecule has 0 aliphatic heterocycles. The highest BCUT2D eigenvalue weighted by Gasteiger charge is 2.80.